The molecule has 0 unspecified atom stereocenters. The molecule has 3 rings (SSSR count). The van der Waals surface area contributed by atoms with Crippen LogP contribution in [0.3, 0.4) is 0 Å². The van der Waals surface area contributed by atoms with Gasteiger partial charge in [-0.15, -0.1) is 0 Å². The third-order valence-electron chi connectivity index (χ3n) is 4.89. The molecule has 3 aromatic rings. The largest absolute Gasteiger partial charge is 0.454 e. The number of primary amides is 1. The molecule has 2 aromatic carbocycles. The van der Waals surface area contributed by atoms with Gasteiger partial charge in [0.2, 0.25) is 0 Å². The van der Waals surface area contributed by atoms with Gasteiger partial charge in [0.05, 0.1) is 27.5 Å². The summed E-state index contributed by atoms with van der Waals surface area (Å²) in [6.07, 6.45) is -3.87. The van der Waals surface area contributed by atoms with Gasteiger partial charge >= 0.3 is 6.18 Å². The Kier molecular flexibility index (Phi) is 7.22. The Labute approximate surface area is 201 Å². The number of pyridine rings is 1. The normalized spacial score (nSPS) is 11.3. The maximum atomic E-state index is 14.7. The lowest BCUT2D eigenvalue weighted by Crippen LogP contribution is -2.43. The molecular formula is C23H17ClF4N4O3. The number of nitrogens with zero attached hydrogens (tertiary/aromatic N) is 2. The number of aryl methyl sites for hydroxylation is 1. The first kappa shape index (κ1) is 25.8. The Morgan fingerprint density at radius 3 is 2.26 bits per heavy atom. The smallest absolute Gasteiger partial charge is 0.366 e. The minimum absolute atomic E-state index is 0.0692. The zero-order valence-corrected chi connectivity index (χ0v) is 19.0. The van der Waals surface area contributed by atoms with Gasteiger partial charge in [0.15, 0.2) is 0 Å². The minimum atomic E-state index is -5.21. The van der Waals surface area contributed by atoms with Crippen molar-refractivity contribution in [3.63, 3.8) is 0 Å². The summed E-state index contributed by atoms with van der Waals surface area (Å²) >= 11 is 5.90. The summed E-state index contributed by atoms with van der Waals surface area (Å²) in [4.78, 5) is 41.2. The summed E-state index contributed by atoms with van der Waals surface area (Å²) in [5.41, 5.74) is 7.45. The molecule has 0 aliphatic rings. The van der Waals surface area contributed by atoms with E-state index >= 15 is 0 Å². The molecule has 1 heterocycles. The number of aromatic nitrogens is 1. The molecule has 0 radical (unpaired) electrons. The molecule has 7 nitrogen and oxygen atoms in total. The Morgan fingerprint density at radius 2 is 1.74 bits per heavy atom. The summed E-state index contributed by atoms with van der Waals surface area (Å²) in [5, 5.41) is 1.14. The number of anilines is 1. The van der Waals surface area contributed by atoms with E-state index in [1.54, 1.807) is 13.0 Å². The molecule has 0 bridgehead atoms. The Hall–Kier alpha value is -3.83. The summed E-state index contributed by atoms with van der Waals surface area (Å²) < 4.78 is 52.8. The number of halogens is 5. The number of rotatable bonds is 6. The van der Waals surface area contributed by atoms with Crippen LogP contribution in [0.2, 0.25) is 5.02 Å². The average molecular weight is 509 g/mol. The lowest BCUT2D eigenvalue weighted by molar-refractivity contribution is -0.0885. The predicted octanol–water partition coefficient (Wildman–Crippen LogP) is 4.47. The third-order valence-corrected chi connectivity index (χ3v) is 5.12. The number of carbonyl (C=O) groups is 3. The van der Waals surface area contributed by atoms with Crippen molar-refractivity contribution in [3.8, 4) is 11.3 Å². The first-order chi connectivity index (χ1) is 16.3. The highest BCUT2D eigenvalue weighted by Gasteiger charge is 2.39. The first-order valence-corrected chi connectivity index (χ1v) is 10.2. The van der Waals surface area contributed by atoms with Crippen LogP contribution in [0.5, 0.6) is 0 Å². The number of nitrogens with two attached hydrogens (primary N) is 1. The monoisotopic (exact) mass is 508 g/mol. The van der Waals surface area contributed by atoms with Crippen molar-refractivity contribution in [2.75, 3.05) is 12.1 Å². The van der Waals surface area contributed by atoms with E-state index in [0.29, 0.717) is 28.4 Å². The fourth-order valence-electron chi connectivity index (χ4n) is 3.37. The fraction of sp³-hybridized carbons (Fsp3) is 0.130. The molecule has 3 N–H and O–H groups in total. The van der Waals surface area contributed by atoms with Crippen LogP contribution in [0, 0.1) is 12.7 Å². The van der Waals surface area contributed by atoms with Gasteiger partial charge in [-0.2, -0.15) is 13.2 Å². The second-order valence-corrected chi connectivity index (χ2v) is 7.76. The highest BCUT2D eigenvalue weighted by molar-refractivity contribution is 6.30. The van der Waals surface area contributed by atoms with E-state index in [0.717, 1.165) is 11.1 Å². The molecule has 1 aromatic heterocycles. The van der Waals surface area contributed by atoms with Crippen molar-refractivity contribution < 1.29 is 31.9 Å². The number of carbonyl (C=O) groups excluding carboxylic acids is 3. The van der Waals surface area contributed by atoms with E-state index in [4.69, 9.17) is 17.3 Å². The molecule has 12 heteroatoms. The van der Waals surface area contributed by atoms with E-state index in [1.807, 2.05) is 0 Å². The number of ketones is 1. The fourth-order valence-corrected chi connectivity index (χ4v) is 3.48. The average Bonchev–Trinajstić information content (AvgIpc) is 2.79. The highest BCUT2D eigenvalue weighted by Crippen LogP contribution is 2.35. The van der Waals surface area contributed by atoms with E-state index < -0.39 is 40.7 Å². The summed E-state index contributed by atoms with van der Waals surface area (Å²) in [6.45, 7) is 1.68. The van der Waals surface area contributed by atoms with Crippen molar-refractivity contribution in [3.05, 3.63) is 81.8 Å². The van der Waals surface area contributed by atoms with Gasteiger partial charge in [0.1, 0.15) is 5.82 Å². The number of hydrogen-bond acceptors (Lipinski definition) is 5. The van der Waals surface area contributed by atoms with Gasteiger partial charge in [-0.1, -0.05) is 17.7 Å². The van der Waals surface area contributed by atoms with Crippen molar-refractivity contribution in [1.29, 1.82) is 0 Å². The highest BCUT2D eigenvalue weighted by atomic mass is 35.5. The maximum Gasteiger partial charge on any atom is 0.454 e. The van der Waals surface area contributed by atoms with E-state index in [2.05, 4.69) is 10.4 Å². The number of nitrogens with one attached hydrogen (secondary N) is 1. The lowest BCUT2D eigenvalue weighted by Gasteiger charge is -2.26. The van der Waals surface area contributed by atoms with Crippen LogP contribution in [-0.2, 0) is 0 Å². The van der Waals surface area contributed by atoms with Gasteiger partial charge in [-0.05, 0) is 48.9 Å². The number of alkyl halides is 3. The predicted molar refractivity (Wildman–Crippen MR) is 121 cm³/mol. The topological polar surface area (TPSA) is 105 Å². The van der Waals surface area contributed by atoms with E-state index in [9.17, 15) is 31.9 Å². The quantitative estimate of drug-likeness (QED) is 0.290. The molecule has 182 valence electrons. The van der Waals surface area contributed by atoms with Crippen molar-refractivity contribution in [2.24, 2.45) is 5.73 Å². The van der Waals surface area contributed by atoms with Gasteiger partial charge in [-0.3, -0.25) is 19.4 Å². The van der Waals surface area contributed by atoms with Crippen molar-refractivity contribution in [2.45, 2.75) is 13.1 Å². The molecule has 0 spiro atoms. The van der Waals surface area contributed by atoms with Gasteiger partial charge in [-0.25, -0.2) is 14.8 Å². The van der Waals surface area contributed by atoms with Gasteiger partial charge < -0.3 is 5.73 Å². The van der Waals surface area contributed by atoms with Crippen LogP contribution in [-0.4, -0.2) is 35.8 Å². The molecule has 0 aliphatic heterocycles. The lowest BCUT2D eigenvalue weighted by atomic mass is 9.98. The molecular weight excluding hydrogens is 492 g/mol. The van der Waals surface area contributed by atoms with Crippen LogP contribution in [0.25, 0.3) is 11.3 Å². The van der Waals surface area contributed by atoms with E-state index in [1.165, 1.54) is 31.4 Å². The number of hydrazine groups is 1. The minimum Gasteiger partial charge on any atom is -0.366 e. The SMILES string of the molecule is CNN(C(=O)c1ccc(C(=O)C(F)(F)F)cc1F)c1c(C(N)=O)cc(C)cc1-c1ccc(Cl)cn1. The second-order valence-electron chi connectivity index (χ2n) is 7.32. The van der Waals surface area contributed by atoms with Crippen LogP contribution in [0.15, 0.2) is 48.7 Å². The molecule has 0 atom stereocenters. The zero-order chi connectivity index (χ0) is 26.1. The Morgan fingerprint density at radius 1 is 1.06 bits per heavy atom. The standard InChI is InChI=1S/C23H17ClF4N4O3/c1-11-7-15(18-6-4-13(24)10-31-18)19(16(8-11)21(29)34)32(30-2)22(35)14-5-3-12(9-17(14)25)20(33)23(26,27)28/h3-10,30H,1-2H3,(H2,29,34). The molecule has 0 fully saturated rings. The molecule has 0 aliphatic carbocycles. The van der Waals surface area contributed by atoms with Gasteiger partial charge in [0.25, 0.3) is 17.6 Å². The zero-order valence-electron chi connectivity index (χ0n) is 18.2. The second kappa shape index (κ2) is 9.80. The third kappa shape index (κ3) is 5.31. The van der Waals surface area contributed by atoms with E-state index in [-0.39, 0.29) is 16.8 Å². The van der Waals surface area contributed by atoms with Crippen LogP contribution < -0.4 is 16.2 Å². The van der Waals surface area contributed by atoms with Crippen LogP contribution >= 0.6 is 11.6 Å². The van der Waals surface area contributed by atoms with Gasteiger partial charge in [0, 0.05) is 24.4 Å². The number of Topliss-reactive ketones (excluding diaryl/α,β-unsaturated/α-hetero) is 1. The van der Waals surface area contributed by atoms with Crippen LogP contribution in [0.4, 0.5) is 23.2 Å². The first-order valence-electron chi connectivity index (χ1n) is 9.84. The molecule has 35 heavy (non-hydrogen) atoms. The maximum absolute atomic E-state index is 14.7. The van der Waals surface area contributed by atoms with Crippen molar-refractivity contribution >= 4 is 34.9 Å². The summed E-state index contributed by atoms with van der Waals surface area (Å²) in [6, 6.07) is 7.84. The molecule has 0 saturated carbocycles. The number of hydrogen-bond donors (Lipinski definition) is 2. The summed E-state index contributed by atoms with van der Waals surface area (Å²) in [7, 11) is 1.31. The Balaban J connectivity index is 2.18. The molecule has 0 saturated heterocycles. The van der Waals surface area contributed by atoms with Crippen molar-refractivity contribution in [1.82, 2.24) is 10.4 Å². The molecule has 2 amide bonds. The summed E-state index contributed by atoms with van der Waals surface area (Å²) in [5.74, 6) is -5.60. The van der Waals surface area contributed by atoms with Crippen LogP contribution in [0.1, 0.15) is 36.6 Å². The number of amides is 2. The number of benzene rings is 2. The Bertz CT molecular complexity index is 1330.